The van der Waals surface area contributed by atoms with Gasteiger partial charge in [-0.15, -0.1) is 0 Å². The van der Waals surface area contributed by atoms with E-state index in [1.807, 2.05) is 6.08 Å². The Morgan fingerprint density at radius 1 is 1.43 bits per heavy atom. The van der Waals surface area contributed by atoms with Crippen LogP contribution in [0.1, 0.15) is 25.7 Å². The van der Waals surface area contributed by atoms with Gasteiger partial charge in [0, 0.05) is 12.7 Å². The Bertz CT molecular complexity index is 202. The molecule has 0 heterocycles. The molecule has 0 aliphatic heterocycles. The lowest BCUT2D eigenvalue weighted by molar-refractivity contribution is -0.140. The third kappa shape index (κ3) is 4.39. The quantitative estimate of drug-likeness (QED) is 0.556. The van der Waals surface area contributed by atoms with E-state index in [4.69, 9.17) is 9.47 Å². The highest BCUT2D eigenvalue weighted by molar-refractivity contribution is 5.88. The summed E-state index contributed by atoms with van der Waals surface area (Å²) < 4.78 is 9.77. The number of hydrogen-bond donors (Lipinski definition) is 1. The van der Waals surface area contributed by atoms with Crippen molar-refractivity contribution in [3.05, 3.63) is 11.6 Å². The van der Waals surface area contributed by atoms with Crippen molar-refractivity contribution in [2.45, 2.75) is 25.7 Å². The molecule has 0 atom stereocenters. The van der Waals surface area contributed by atoms with Gasteiger partial charge in [-0.25, -0.2) is 4.79 Å². The molecule has 4 heteroatoms. The van der Waals surface area contributed by atoms with Gasteiger partial charge in [0.05, 0.1) is 6.61 Å². The molecule has 82 valence electrons. The maximum absolute atomic E-state index is 11.3. The smallest absolute Gasteiger partial charge is 0.333 e. The van der Waals surface area contributed by atoms with Gasteiger partial charge in [0.1, 0.15) is 6.61 Å². The standard InChI is InChI=1S/C10H16O3.H3N/c1-12-7-8-13-10(11)9-5-3-2-4-6-9;/h5H,2-4,6-8H2,1H3;1H3. The van der Waals surface area contributed by atoms with Gasteiger partial charge in [-0.05, 0) is 25.7 Å². The summed E-state index contributed by atoms with van der Waals surface area (Å²) in [5.74, 6) is -0.170. The van der Waals surface area contributed by atoms with Crippen LogP contribution in [0.2, 0.25) is 0 Å². The highest BCUT2D eigenvalue weighted by Crippen LogP contribution is 2.18. The average Bonchev–Trinajstić information content (AvgIpc) is 2.19. The van der Waals surface area contributed by atoms with Crippen LogP contribution in [0.15, 0.2) is 11.6 Å². The van der Waals surface area contributed by atoms with Crippen molar-refractivity contribution in [1.82, 2.24) is 6.15 Å². The van der Waals surface area contributed by atoms with Crippen molar-refractivity contribution in [1.29, 1.82) is 0 Å². The molecular formula is C10H19NO3. The molecule has 0 fully saturated rings. The molecular weight excluding hydrogens is 182 g/mol. The molecule has 0 unspecified atom stereocenters. The van der Waals surface area contributed by atoms with Crippen LogP contribution < -0.4 is 6.15 Å². The Morgan fingerprint density at radius 3 is 2.79 bits per heavy atom. The Hall–Kier alpha value is -0.870. The zero-order valence-corrected chi connectivity index (χ0v) is 8.75. The molecule has 0 bridgehead atoms. The molecule has 1 rings (SSSR count). The fourth-order valence-corrected chi connectivity index (χ4v) is 1.33. The molecule has 0 amide bonds. The minimum absolute atomic E-state index is 0. The van der Waals surface area contributed by atoms with Gasteiger partial charge in [0.25, 0.3) is 0 Å². The summed E-state index contributed by atoms with van der Waals surface area (Å²) in [6, 6.07) is 0. The van der Waals surface area contributed by atoms with Gasteiger partial charge in [-0.1, -0.05) is 6.08 Å². The van der Waals surface area contributed by atoms with Crippen molar-refractivity contribution >= 4 is 5.97 Å². The molecule has 0 aromatic carbocycles. The monoisotopic (exact) mass is 201 g/mol. The summed E-state index contributed by atoms with van der Waals surface area (Å²) in [5, 5.41) is 0. The largest absolute Gasteiger partial charge is 0.460 e. The second kappa shape index (κ2) is 7.53. The van der Waals surface area contributed by atoms with Crippen molar-refractivity contribution in [3.63, 3.8) is 0 Å². The lowest BCUT2D eigenvalue weighted by Crippen LogP contribution is -2.13. The highest BCUT2D eigenvalue weighted by atomic mass is 16.6. The zero-order valence-electron chi connectivity index (χ0n) is 8.75. The van der Waals surface area contributed by atoms with E-state index in [9.17, 15) is 4.79 Å². The lowest BCUT2D eigenvalue weighted by Gasteiger charge is -2.11. The Kier molecular flexibility index (Phi) is 7.06. The van der Waals surface area contributed by atoms with E-state index in [-0.39, 0.29) is 12.1 Å². The van der Waals surface area contributed by atoms with E-state index in [1.165, 1.54) is 6.42 Å². The van der Waals surface area contributed by atoms with Gasteiger partial charge in [0.2, 0.25) is 0 Å². The Balaban J connectivity index is 0.00000169. The van der Waals surface area contributed by atoms with E-state index in [2.05, 4.69) is 0 Å². The number of ether oxygens (including phenoxy) is 2. The second-order valence-electron chi connectivity index (χ2n) is 3.10. The number of carbonyl (C=O) groups excluding carboxylic acids is 1. The van der Waals surface area contributed by atoms with Gasteiger partial charge < -0.3 is 15.6 Å². The van der Waals surface area contributed by atoms with E-state index < -0.39 is 0 Å². The molecule has 1 aliphatic carbocycles. The number of esters is 1. The summed E-state index contributed by atoms with van der Waals surface area (Å²) in [6.45, 7) is 0.825. The number of allylic oxidation sites excluding steroid dienone is 1. The first kappa shape index (κ1) is 13.1. The van der Waals surface area contributed by atoms with Gasteiger partial charge in [-0.2, -0.15) is 0 Å². The number of carbonyl (C=O) groups is 1. The maximum atomic E-state index is 11.3. The minimum atomic E-state index is -0.170. The normalized spacial score (nSPS) is 15.4. The summed E-state index contributed by atoms with van der Waals surface area (Å²) >= 11 is 0. The molecule has 14 heavy (non-hydrogen) atoms. The van der Waals surface area contributed by atoms with Crippen LogP contribution in [-0.4, -0.2) is 26.3 Å². The van der Waals surface area contributed by atoms with Crippen LogP contribution in [0.5, 0.6) is 0 Å². The third-order valence-electron chi connectivity index (χ3n) is 2.07. The molecule has 0 aromatic heterocycles. The summed E-state index contributed by atoms with van der Waals surface area (Å²) in [5.41, 5.74) is 0.836. The van der Waals surface area contributed by atoms with Crippen molar-refractivity contribution in [3.8, 4) is 0 Å². The van der Waals surface area contributed by atoms with E-state index in [1.54, 1.807) is 7.11 Å². The van der Waals surface area contributed by atoms with Crippen molar-refractivity contribution < 1.29 is 14.3 Å². The third-order valence-corrected chi connectivity index (χ3v) is 2.07. The van der Waals surface area contributed by atoms with Crippen LogP contribution in [0, 0.1) is 0 Å². The van der Waals surface area contributed by atoms with Gasteiger partial charge in [-0.3, -0.25) is 0 Å². The van der Waals surface area contributed by atoms with Crippen molar-refractivity contribution in [2.24, 2.45) is 0 Å². The fourth-order valence-electron chi connectivity index (χ4n) is 1.33. The lowest BCUT2D eigenvalue weighted by atomic mass is 10.00. The highest BCUT2D eigenvalue weighted by Gasteiger charge is 2.12. The Morgan fingerprint density at radius 2 is 2.21 bits per heavy atom. The number of rotatable bonds is 4. The predicted molar refractivity (Wildman–Crippen MR) is 54.4 cm³/mol. The zero-order chi connectivity index (χ0) is 9.52. The Labute approximate surface area is 84.9 Å². The maximum Gasteiger partial charge on any atom is 0.333 e. The number of methoxy groups -OCH3 is 1. The second-order valence-corrected chi connectivity index (χ2v) is 3.10. The first-order valence-electron chi connectivity index (χ1n) is 4.69. The summed E-state index contributed by atoms with van der Waals surface area (Å²) in [6.07, 6.45) is 6.15. The molecule has 4 nitrogen and oxygen atoms in total. The van der Waals surface area contributed by atoms with Gasteiger partial charge in [0.15, 0.2) is 0 Å². The first-order chi connectivity index (χ1) is 6.34. The molecule has 0 spiro atoms. The van der Waals surface area contributed by atoms with Crippen LogP contribution in [0.3, 0.4) is 0 Å². The summed E-state index contributed by atoms with van der Waals surface area (Å²) in [7, 11) is 1.59. The predicted octanol–water partition coefficient (Wildman–Crippen LogP) is 1.84. The van der Waals surface area contributed by atoms with Crippen LogP contribution in [0.25, 0.3) is 0 Å². The molecule has 0 radical (unpaired) electrons. The molecule has 3 N–H and O–H groups in total. The molecule has 0 saturated carbocycles. The van der Waals surface area contributed by atoms with Crippen LogP contribution in [0.4, 0.5) is 0 Å². The first-order valence-corrected chi connectivity index (χ1v) is 4.69. The topological polar surface area (TPSA) is 70.5 Å². The average molecular weight is 201 g/mol. The van der Waals surface area contributed by atoms with Gasteiger partial charge >= 0.3 is 5.97 Å². The fraction of sp³-hybridized carbons (Fsp3) is 0.700. The van der Waals surface area contributed by atoms with Crippen molar-refractivity contribution in [2.75, 3.05) is 20.3 Å². The van der Waals surface area contributed by atoms with E-state index in [0.29, 0.717) is 13.2 Å². The molecule has 0 saturated heterocycles. The molecule has 0 aromatic rings. The van der Waals surface area contributed by atoms with E-state index in [0.717, 1.165) is 24.8 Å². The molecule has 1 aliphatic rings. The minimum Gasteiger partial charge on any atom is -0.460 e. The SMILES string of the molecule is COCCOC(=O)C1=CCCCC1.N. The van der Waals surface area contributed by atoms with Crippen LogP contribution >= 0.6 is 0 Å². The number of hydrogen-bond acceptors (Lipinski definition) is 4. The van der Waals surface area contributed by atoms with Crippen LogP contribution in [-0.2, 0) is 14.3 Å². The van der Waals surface area contributed by atoms with E-state index >= 15 is 0 Å². The summed E-state index contributed by atoms with van der Waals surface area (Å²) in [4.78, 5) is 11.3.